The molecule has 1 aliphatic heterocycles. The SMILES string of the molecule is CCN(CC)CCc1nc(Nc2nc(C(F)(F)F)cs2)c2c(OC3CCOCC3)cc(N)cc2n1. The van der Waals surface area contributed by atoms with E-state index in [0.717, 1.165) is 49.2 Å². The van der Waals surface area contributed by atoms with Gasteiger partial charge in [-0.2, -0.15) is 13.2 Å². The Hall–Kier alpha value is -2.70. The average Bonchev–Trinajstić information content (AvgIpc) is 3.29. The lowest BCUT2D eigenvalue weighted by Crippen LogP contribution is -2.26. The Bertz CT molecular complexity index is 1150. The average molecular weight is 511 g/mol. The molecule has 2 aromatic heterocycles. The first kappa shape index (κ1) is 25.4. The van der Waals surface area contributed by atoms with Gasteiger partial charge in [-0.15, -0.1) is 11.3 Å². The summed E-state index contributed by atoms with van der Waals surface area (Å²) in [6.45, 7) is 7.90. The standard InChI is InChI=1S/C23H29F3N6O2S/c1-3-32(4-2)8-5-19-28-16-11-14(27)12-17(34-15-6-9-33-10-7-15)20(16)21(30-19)31-22-29-18(13-35-22)23(24,25)26/h11-13,15H,3-10,27H2,1-2H3,(H,28,29,30,31). The van der Waals surface area contributed by atoms with Crippen LogP contribution in [0.4, 0.5) is 29.8 Å². The number of anilines is 3. The normalized spacial score (nSPS) is 15.1. The van der Waals surface area contributed by atoms with E-state index in [1.54, 1.807) is 12.1 Å². The van der Waals surface area contributed by atoms with Crippen LogP contribution in [0.5, 0.6) is 5.75 Å². The number of rotatable bonds is 9. The van der Waals surface area contributed by atoms with E-state index in [0.29, 0.717) is 53.6 Å². The first-order valence-corrected chi connectivity index (χ1v) is 12.5. The fourth-order valence-electron chi connectivity index (χ4n) is 3.93. The van der Waals surface area contributed by atoms with Gasteiger partial charge in [0.1, 0.15) is 23.5 Å². The van der Waals surface area contributed by atoms with Crippen LogP contribution < -0.4 is 15.8 Å². The van der Waals surface area contributed by atoms with Crippen LogP contribution in [-0.4, -0.2) is 58.8 Å². The maximum absolute atomic E-state index is 13.1. The number of hydrogen-bond acceptors (Lipinski definition) is 9. The number of nitrogen functional groups attached to an aromatic ring is 1. The Morgan fingerprint density at radius 2 is 1.91 bits per heavy atom. The van der Waals surface area contributed by atoms with Gasteiger partial charge in [-0.1, -0.05) is 13.8 Å². The largest absolute Gasteiger partial charge is 0.489 e. The van der Waals surface area contributed by atoms with Crippen molar-refractivity contribution in [2.24, 2.45) is 0 Å². The second-order valence-corrected chi connectivity index (χ2v) is 9.13. The van der Waals surface area contributed by atoms with E-state index in [2.05, 4.69) is 34.0 Å². The Labute approximate surface area is 205 Å². The van der Waals surface area contributed by atoms with Crippen molar-refractivity contribution in [3.63, 3.8) is 0 Å². The van der Waals surface area contributed by atoms with Crippen molar-refractivity contribution in [2.75, 3.05) is 43.9 Å². The van der Waals surface area contributed by atoms with Gasteiger partial charge in [-0.25, -0.2) is 15.0 Å². The highest BCUT2D eigenvalue weighted by atomic mass is 32.1. The molecular weight excluding hydrogens is 481 g/mol. The molecule has 0 aliphatic carbocycles. The molecule has 4 rings (SSSR count). The van der Waals surface area contributed by atoms with E-state index in [4.69, 9.17) is 20.2 Å². The van der Waals surface area contributed by atoms with Gasteiger partial charge in [0, 0.05) is 42.9 Å². The molecule has 8 nitrogen and oxygen atoms in total. The van der Waals surface area contributed by atoms with Crippen molar-refractivity contribution in [3.8, 4) is 5.75 Å². The number of nitrogens with two attached hydrogens (primary N) is 1. The van der Waals surface area contributed by atoms with Gasteiger partial charge < -0.3 is 25.4 Å². The molecule has 190 valence electrons. The number of nitrogens with zero attached hydrogens (tertiary/aromatic N) is 4. The van der Waals surface area contributed by atoms with Gasteiger partial charge in [0.15, 0.2) is 10.8 Å². The zero-order chi connectivity index (χ0) is 25.0. The van der Waals surface area contributed by atoms with E-state index in [1.165, 1.54) is 0 Å². The molecule has 3 heterocycles. The summed E-state index contributed by atoms with van der Waals surface area (Å²) in [6.07, 6.45) is -2.57. The van der Waals surface area contributed by atoms with Gasteiger partial charge >= 0.3 is 6.18 Å². The van der Waals surface area contributed by atoms with Crippen molar-refractivity contribution in [2.45, 2.75) is 45.4 Å². The number of thiazole rings is 1. The molecule has 35 heavy (non-hydrogen) atoms. The lowest BCUT2D eigenvalue weighted by atomic mass is 10.1. The van der Waals surface area contributed by atoms with Gasteiger partial charge in [0.2, 0.25) is 0 Å². The highest BCUT2D eigenvalue weighted by Crippen LogP contribution is 2.37. The Morgan fingerprint density at radius 1 is 1.17 bits per heavy atom. The lowest BCUT2D eigenvalue weighted by molar-refractivity contribution is -0.140. The fraction of sp³-hybridized carbons (Fsp3) is 0.522. The monoisotopic (exact) mass is 510 g/mol. The Morgan fingerprint density at radius 3 is 2.57 bits per heavy atom. The summed E-state index contributed by atoms with van der Waals surface area (Å²) in [7, 11) is 0. The molecule has 0 spiro atoms. The van der Waals surface area contributed by atoms with Crippen molar-refractivity contribution >= 4 is 38.9 Å². The number of benzene rings is 1. The Balaban J connectivity index is 1.74. The number of nitrogens with one attached hydrogen (secondary N) is 1. The van der Waals surface area contributed by atoms with E-state index >= 15 is 0 Å². The summed E-state index contributed by atoms with van der Waals surface area (Å²) in [6, 6.07) is 3.42. The maximum atomic E-state index is 13.1. The molecular formula is C23H29F3N6O2S. The van der Waals surface area contributed by atoms with Crippen LogP contribution in [0.1, 0.15) is 38.2 Å². The smallest absolute Gasteiger partial charge is 0.434 e. The molecule has 1 aromatic carbocycles. The van der Waals surface area contributed by atoms with Gasteiger partial charge in [-0.05, 0) is 19.2 Å². The van der Waals surface area contributed by atoms with Crippen LogP contribution in [0, 0.1) is 0 Å². The molecule has 0 atom stereocenters. The highest BCUT2D eigenvalue weighted by molar-refractivity contribution is 7.13. The van der Waals surface area contributed by atoms with E-state index in [9.17, 15) is 13.2 Å². The quantitative estimate of drug-likeness (QED) is 0.394. The third kappa shape index (κ3) is 6.30. The minimum Gasteiger partial charge on any atom is -0.489 e. The maximum Gasteiger partial charge on any atom is 0.434 e. The van der Waals surface area contributed by atoms with E-state index in [-0.39, 0.29) is 11.2 Å². The Kier molecular flexibility index (Phi) is 7.92. The van der Waals surface area contributed by atoms with Crippen LogP contribution in [0.15, 0.2) is 17.5 Å². The van der Waals surface area contributed by atoms with Gasteiger partial charge in [0.05, 0.1) is 24.1 Å². The van der Waals surface area contributed by atoms with Crippen LogP contribution in [-0.2, 0) is 17.3 Å². The molecule has 0 saturated carbocycles. The van der Waals surface area contributed by atoms with Crippen LogP contribution in [0.25, 0.3) is 10.9 Å². The van der Waals surface area contributed by atoms with Crippen molar-refractivity contribution in [1.29, 1.82) is 0 Å². The summed E-state index contributed by atoms with van der Waals surface area (Å²) < 4.78 is 51.0. The van der Waals surface area contributed by atoms with Crippen LogP contribution >= 0.6 is 11.3 Å². The topological polar surface area (TPSA) is 98.4 Å². The number of likely N-dealkylation sites (N-methyl/N-ethyl adjacent to an activating group) is 1. The number of hydrogen-bond donors (Lipinski definition) is 2. The first-order valence-electron chi connectivity index (χ1n) is 11.6. The number of aromatic nitrogens is 3. The molecule has 0 bridgehead atoms. The van der Waals surface area contributed by atoms with E-state index < -0.39 is 11.9 Å². The van der Waals surface area contributed by atoms with Crippen molar-refractivity contribution < 1.29 is 22.6 Å². The molecule has 1 saturated heterocycles. The third-order valence-corrected chi connectivity index (χ3v) is 6.62. The lowest BCUT2D eigenvalue weighted by Gasteiger charge is -2.24. The van der Waals surface area contributed by atoms with E-state index in [1.807, 2.05) is 0 Å². The minimum atomic E-state index is -4.52. The summed E-state index contributed by atoms with van der Waals surface area (Å²) in [5.74, 6) is 1.38. The zero-order valence-electron chi connectivity index (χ0n) is 19.7. The molecule has 3 aromatic rings. The second kappa shape index (κ2) is 10.9. The number of ether oxygens (including phenoxy) is 2. The fourth-order valence-corrected chi connectivity index (χ4v) is 4.64. The molecule has 12 heteroatoms. The van der Waals surface area contributed by atoms with Crippen molar-refractivity contribution in [1.82, 2.24) is 19.9 Å². The molecule has 1 aliphatic rings. The van der Waals surface area contributed by atoms with Gasteiger partial charge in [0.25, 0.3) is 0 Å². The molecule has 0 unspecified atom stereocenters. The molecule has 0 radical (unpaired) electrons. The first-order chi connectivity index (χ1) is 16.8. The summed E-state index contributed by atoms with van der Waals surface area (Å²) in [5, 5.41) is 4.61. The second-order valence-electron chi connectivity index (χ2n) is 8.27. The number of halogens is 3. The summed E-state index contributed by atoms with van der Waals surface area (Å²) in [4.78, 5) is 15.4. The van der Waals surface area contributed by atoms with Gasteiger partial charge in [-0.3, -0.25) is 0 Å². The number of alkyl halides is 3. The summed E-state index contributed by atoms with van der Waals surface area (Å²) >= 11 is 0.863. The predicted octanol–water partition coefficient (Wildman–Crippen LogP) is 4.87. The highest BCUT2D eigenvalue weighted by Gasteiger charge is 2.34. The summed E-state index contributed by atoms with van der Waals surface area (Å²) in [5.41, 5.74) is 6.26. The molecule has 0 amide bonds. The predicted molar refractivity (Wildman–Crippen MR) is 130 cm³/mol. The minimum absolute atomic E-state index is 0.0689. The third-order valence-electron chi connectivity index (χ3n) is 5.86. The molecule has 3 N–H and O–H groups in total. The van der Waals surface area contributed by atoms with Crippen molar-refractivity contribution in [3.05, 3.63) is 29.0 Å². The van der Waals surface area contributed by atoms with Crippen LogP contribution in [0.2, 0.25) is 0 Å². The molecule has 1 fully saturated rings. The zero-order valence-corrected chi connectivity index (χ0v) is 20.5. The van der Waals surface area contributed by atoms with Crippen LogP contribution in [0.3, 0.4) is 0 Å². The number of fused-ring (bicyclic) bond motifs is 1.